The van der Waals surface area contributed by atoms with E-state index < -0.39 is 11.8 Å². The second-order valence-corrected chi connectivity index (χ2v) is 13.1. The van der Waals surface area contributed by atoms with Crippen LogP contribution in [0.1, 0.15) is 53.7 Å². The maximum absolute atomic E-state index is 13.5. The molecule has 5 rings (SSSR count). The van der Waals surface area contributed by atoms with Gasteiger partial charge in [-0.25, -0.2) is 0 Å². The largest absolute Gasteiger partial charge is 0.489 e. The van der Waals surface area contributed by atoms with Crippen molar-refractivity contribution < 1.29 is 19.1 Å². The topological polar surface area (TPSA) is 96.5 Å². The van der Waals surface area contributed by atoms with Gasteiger partial charge in [-0.3, -0.25) is 14.4 Å². The number of ether oxygens (including phenoxy) is 1. The molecule has 7 nitrogen and oxygen atoms in total. The molecule has 0 aliphatic rings. The minimum Gasteiger partial charge on any atom is -0.489 e. The van der Waals surface area contributed by atoms with Crippen LogP contribution in [0.2, 0.25) is 0 Å². The van der Waals surface area contributed by atoms with E-state index in [0.29, 0.717) is 35.1 Å². The molecule has 5 aromatic carbocycles. The van der Waals surface area contributed by atoms with E-state index in [9.17, 15) is 14.4 Å². The van der Waals surface area contributed by atoms with Gasteiger partial charge in [-0.05, 0) is 96.3 Å². The summed E-state index contributed by atoms with van der Waals surface area (Å²) in [5, 5.41) is 8.29. The average molecular weight is 670 g/mol. The van der Waals surface area contributed by atoms with E-state index in [1.54, 1.807) is 42.5 Å². The molecule has 0 aliphatic carbocycles. The zero-order valence-corrected chi connectivity index (χ0v) is 28.5. The van der Waals surface area contributed by atoms with E-state index in [0.717, 1.165) is 16.1 Å². The van der Waals surface area contributed by atoms with Crippen LogP contribution in [0.15, 0.2) is 144 Å². The van der Waals surface area contributed by atoms with Crippen molar-refractivity contribution in [2.75, 3.05) is 10.6 Å². The summed E-state index contributed by atoms with van der Waals surface area (Å²) in [6, 6.07) is 41.0. The molecule has 49 heavy (non-hydrogen) atoms. The van der Waals surface area contributed by atoms with Gasteiger partial charge >= 0.3 is 0 Å². The summed E-state index contributed by atoms with van der Waals surface area (Å²) < 4.78 is 5.89. The van der Waals surface area contributed by atoms with Gasteiger partial charge in [0, 0.05) is 21.8 Å². The van der Waals surface area contributed by atoms with Crippen LogP contribution in [-0.2, 0) is 16.2 Å². The maximum Gasteiger partial charge on any atom is 0.272 e. The van der Waals surface area contributed by atoms with Gasteiger partial charge in [0.1, 0.15) is 18.1 Å². The molecule has 1 unspecified atom stereocenters. The molecule has 0 bridgehead atoms. The SMILES string of the molecule is CC(Sc1ccc(NC(=O)/C(=C/c2ccc(OCc3ccccc3)cc2)NC(=O)c2ccccc2)cc1)C(=O)Nc1ccc(C(C)C)cc1. The van der Waals surface area contributed by atoms with Crippen LogP contribution >= 0.6 is 11.8 Å². The molecule has 0 saturated heterocycles. The molecule has 8 heteroatoms. The summed E-state index contributed by atoms with van der Waals surface area (Å²) in [4.78, 5) is 40.3. The van der Waals surface area contributed by atoms with E-state index in [1.165, 1.54) is 17.3 Å². The van der Waals surface area contributed by atoms with Crippen LogP contribution in [0.4, 0.5) is 11.4 Å². The molecule has 3 N–H and O–H groups in total. The smallest absolute Gasteiger partial charge is 0.272 e. The van der Waals surface area contributed by atoms with E-state index in [1.807, 2.05) is 104 Å². The summed E-state index contributed by atoms with van der Waals surface area (Å²) in [6.45, 7) is 6.55. The van der Waals surface area contributed by atoms with Gasteiger partial charge < -0.3 is 20.7 Å². The number of carbonyl (C=O) groups is 3. The molecule has 0 heterocycles. The Labute approximate surface area is 291 Å². The van der Waals surface area contributed by atoms with Gasteiger partial charge in [0.25, 0.3) is 11.8 Å². The second-order valence-electron chi connectivity index (χ2n) is 11.7. The van der Waals surface area contributed by atoms with Crippen molar-refractivity contribution in [3.63, 3.8) is 0 Å². The number of hydrogen-bond donors (Lipinski definition) is 3. The molecular formula is C41H39N3O4S. The van der Waals surface area contributed by atoms with Crippen LogP contribution in [0, 0.1) is 0 Å². The predicted molar refractivity (Wildman–Crippen MR) is 199 cm³/mol. The first-order valence-corrected chi connectivity index (χ1v) is 17.0. The minimum absolute atomic E-state index is 0.0805. The Morgan fingerprint density at radius 2 is 1.29 bits per heavy atom. The lowest BCUT2D eigenvalue weighted by Crippen LogP contribution is -2.30. The summed E-state index contributed by atoms with van der Waals surface area (Å²) in [6.07, 6.45) is 1.62. The van der Waals surface area contributed by atoms with Crippen molar-refractivity contribution in [1.82, 2.24) is 5.32 Å². The van der Waals surface area contributed by atoms with Gasteiger partial charge in [0.2, 0.25) is 5.91 Å². The Morgan fingerprint density at radius 3 is 1.92 bits per heavy atom. The molecular weight excluding hydrogens is 631 g/mol. The molecule has 0 aromatic heterocycles. The summed E-state index contributed by atoms with van der Waals surface area (Å²) >= 11 is 1.42. The van der Waals surface area contributed by atoms with E-state index in [4.69, 9.17) is 4.74 Å². The first kappa shape index (κ1) is 34.7. The number of amides is 3. The van der Waals surface area contributed by atoms with Crippen LogP contribution in [0.3, 0.4) is 0 Å². The van der Waals surface area contributed by atoms with Gasteiger partial charge in [-0.1, -0.05) is 86.6 Å². The molecule has 0 saturated carbocycles. The van der Waals surface area contributed by atoms with Crippen molar-refractivity contribution in [3.8, 4) is 5.75 Å². The van der Waals surface area contributed by atoms with Gasteiger partial charge in [-0.15, -0.1) is 11.8 Å². The Hall–Kier alpha value is -5.60. The molecule has 248 valence electrons. The molecule has 5 aromatic rings. The summed E-state index contributed by atoms with van der Waals surface area (Å²) in [5.41, 5.74) is 4.80. The first-order valence-electron chi connectivity index (χ1n) is 16.1. The second kappa shape index (κ2) is 17.0. The van der Waals surface area contributed by atoms with Crippen molar-refractivity contribution in [3.05, 3.63) is 161 Å². The van der Waals surface area contributed by atoms with Gasteiger partial charge in [-0.2, -0.15) is 0 Å². The Morgan fingerprint density at radius 1 is 0.694 bits per heavy atom. The monoisotopic (exact) mass is 669 g/mol. The van der Waals surface area contributed by atoms with Crippen LogP contribution < -0.4 is 20.7 Å². The lowest BCUT2D eigenvalue weighted by atomic mass is 10.0. The number of thioether (sulfide) groups is 1. The third-order valence-electron chi connectivity index (χ3n) is 7.61. The van der Waals surface area contributed by atoms with Crippen LogP contribution in [0.5, 0.6) is 5.75 Å². The molecule has 0 aliphatic heterocycles. The highest BCUT2D eigenvalue weighted by Crippen LogP contribution is 2.26. The zero-order chi connectivity index (χ0) is 34.6. The van der Waals surface area contributed by atoms with Crippen LogP contribution in [0.25, 0.3) is 6.08 Å². The van der Waals surface area contributed by atoms with Crippen LogP contribution in [-0.4, -0.2) is 23.0 Å². The van der Waals surface area contributed by atoms with Gasteiger partial charge in [0.15, 0.2) is 0 Å². The maximum atomic E-state index is 13.5. The summed E-state index contributed by atoms with van der Waals surface area (Å²) in [7, 11) is 0. The number of hydrogen-bond acceptors (Lipinski definition) is 5. The Kier molecular flexibility index (Phi) is 12.0. The zero-order valence-electron chi connectivity index (χ0n) is 27.7. The third-order valence-corrected chi connectivity index (χ3v) is 8.72. The normalized spacial score (nSPS) is 11.8. The van der Waals surface area contributed by atoms with E-state index in [2.05, 4.69) is 29.8 Å². The molecule has 1 atom stereocenters. The van der Waals surface area contributed by atoms with Gasteiger partial charge in [0.05, 0.1) is 5.25 Å². The minimum atomic E-state index is -0.481. The summed E-state index contributed by atoms with van der Waals surface area (Å²) in [5.74, 6) is 0.126. The molecule has 3 amide bonds. The fourth-order valence-corrected chi connectivity index (χ4v) is 5.65. The molecule has 0 radical (unpaired) electrons. The lowest BCUT2D eigenvalue weighted by Gasteiger charge is -2.14. The van der Waals surface area contributed by atoms with E-state index >= 15 is 0 Å². The highest BCUT2D eigenvalue weighted by atomic mass is 32.2. The molecule has 0 spiro atoms. The quantitative estimate of drug-likeness (QED) is 0.0860. The average Bonchev–Trinajstić information content (AvgIpc) is 3.12. The third kappa shape index (κ3) is 10.4. The lowest BCUT2D eigenvalue weighted by molar-refractivity contribution is -0.115. The fraction of sp³-hybridized carbons (Fsp3) is 0.146. The van der Waals surface area contributed by atoms with Crippen molar-refractivity contribution in [2.24, 2.45) is 0 Å². The number of rotatable bonds is 13. The standard InChI is InChI=1S/C41H39N3O4S/c1-28(2)32-16-18-34(19-17-32)42-39(45)29(3)49-37-24-20-35(21-25-37)43-41(47)38(44-40(46)33-12-8-5-9-13-33)26-30-14-22-36(23-15-30)48-27-31-10-6-4-7-11-31/h4-26,28-29H,27H2,1-3H3,(H,42,45)(H,43,47)(H,44,46)/b38-26-. The highest BCUT2D eigenvalue weighted by Gasteiger charge is 2.17. The number of nitrogens with one attached hydrogen (secondary N) is 3. The first-order chi connectivity index (χ1) is 23.7. The van der Waals surface area contributed by atoms with Crippen molar-refractivity contribution >= 4 is 46.9 Å². The number of anilines is 2. The fourth-order valence-electron chi connectivity index (χ4n) is 4.78. The van der Waals surface area contributed by atoms with Crippen molar-refractivity contribution in [2.45, 2.75) is 43.4 Å². The number of benzene rings is 5. The predicted octanol–water partition coefficient (Wildman–Crippen LogP) is 8.92. The van der Waals surface area contributed by atoms with E-state index in [-0.39, 0.29) is 16.9 Å². The Balaban J connectivity index is 1.23. The molecule has 0 fully saturated rings. The number of carbonyl (C=O) groups excluding carboxylic acids is 3. The van der Waals surface area contributed by atoms with Crippen molar-refractivity contribution in [1.29, 1.82) is 0 Å². The highest BCUT2D eigenvalue weighted by molar-refractivity contribution is 8.00. The Bertz CT molecular complexity index is 1870.